The second-order valence-electron chi connectivity index (χ2n) is 7.01. The van der Waals surface area contributed by atoms with E-state index in [2.05, 4.69) is 36.5 Å². The highest BCUT2D eigenvalue weighted by Gasteiger charge is 2.33. The van der Waals surface area contributed by atoms with Gasteiger partial charge in [-0.3, -0.25) is 9.59 Å². The molecule has 0 aliphatic carbocycles. The summed E-state index contributed by atoms with van der Waals surface area (Å²) in [6.07, 6.45) is 1.09. The normalized spacial score (nSPS) is 16.4. The van der Waals surface area contributed by atoms with Crippen molar-refractivity contribution < 1.29 is 14.3 Å². The van der Waals surface area contributed by atoms with Gasteiger partial charge in [0.2, 0.25) is 11.8 Å². The topological polar surface area (TPSA) is 58.6 Å². The van der Waals surface area contributed by atoms with Crippen LogP contribution in [0.2, 0.25) is 0 Å². The summed E-state index contributed by atoms with van der Waals surface area (Å²) in [5, 5.41) is 2.94. The van der Waals surface area contributed by atoms with Crippen molar-refractivity contribution in [1.29, 1.82) is 0 Å². The van der Waals surface area contributed by atoms with Crippen LogP contribution >= 0.6 is 0 Å². The molecule has 2 aromatic rings. The van der Waals surface area contributed by atoms with E-state index in [-0.39, 0.29) is 24.2 Å². The van der Waals surface area contributed by atoms with Gasteiger partial charge in [-0.05, 0) is 25.0 Å². The molecule has 0 radical (unpaired) electrons. The van der Waals surface area contributed by atoms with E-state index in [1.807, 2.05) is 24.3 Å². The first kappa shape index (κ1) is 19.0. The molecule has 1 heterocycles. The maximum Gasteiger partial charge on any atom is 0.225 e. The Bertz CT molecular complexity index is 801. The Kier molecular flexibility index (Phi) is 6.12. The molecule has 5 heteroatoms. The lowest BCUT2D eigenvalue weighted by Gasteiger charge is -2.17. The average molecular weight is 366 g/mol. The fraction of sp³-hybridized carbons (Fsp3) is 0.364. The summed E-state index contributed by atoms with van der Waals surface area (Å²) in [4.78, 5) is 26.6. The molecule has 3 rings (SSSR count). The number of methoxy groups -OCH3 is 1. The Balaban J connectivity index is 1.50. The van der Waals surface area contributed by atoms with E-state index in [4.69, 9.17) is 4.74 Å². The molecule has 2 amide bonds. The zero-order chi connectivity index (χ0) is 19.2. The molecule has 1 aliphatic heterocycles. The van der Waals surface area contributed by atoms with Crippen LogP contribution in [0.5, 0.6) is 5.75 Å². The second kappa shape index (κ2) is 8.71. The zero-order valence-corrected chi connectivity index (χ0v) is 15.9. The Morgan fingerprint density at radius 2 is 1.93 bits per heavy atom. The molecule has 0 aromatic heterocycles. The van der Waals surface area contributed by atoms with Crippen LogP contribution in [0.15, 0.2) is 48.5 Å². The fourth-order valence-corrected chi connectivity index (χ4v) is 3.36. The number of amides is 2. The molecule has 1 unspecified atom stereocenters. The quantitative estimate of drug-likeness (QED) is 0.820. The minimum Gasteiger partial charge on any atom is -0.496 e. The molecule has 1 saturated heterocycles. The van der Waals surface area contributed by atoms with Gasteiger partial charge in [-0.15, -0.1) is 0 Å². The van der Waals surface area contributed by atoms with Gasteiger partial charge in [-0.25, -0.2) is 0 Å². The van der Waals surface area contributed by atoms with Gasteiger partial charge in [0.05, 0.1) is 13.0 Å². The standard InChI is InChI=1S/C22H26N2O3/c1-16-7-9-17(10-8-16)11-12-24-15-19(13-21(24)25)22(26)23-14-18-5-3-4-6-20(18)27-2/h3-10,19H,11-15H2,1-2H3,(H,23,26). The molecule has 2 aromatic carbocycles. The van der Waals surface area contributed by atoms with Gasteiger partial charge in [-0.1, -0.05) is 48.0 Å². The average Bonchev–Trinajstić information content (AvgIpc) is 3.06. The Hall–Kier alpha value is -2.82. The summed E-state index contributed by atoms with van der Waals surface area (Å²) in [6.45, 7) is 3.60. The number of benzene rings is 2. The van der Waals surface area contributed by atoms with E-state index in [9.17, 15) is 9.59 Å². The van der Waals surface area contributed by atoms with Crippen molar-refractivity contribution in [2.24, 2.45) is 5.92 Å². The third-order valence-electron chi connectivity index (χ3n) is 5.02. The van der Waals surface area contributed by atoms with Crippen molar-refractivity contribution in [3.63, 3.8) is 0 Å². The van der Waals surface area contributed by atoms with Gasteiger partial charge in [0.15, 0.2) is 0 Å². The summed E-state index contributed by atoms with van der Waals surface area (Å²) < 4.78 is 5.30. The number of nitrogens with one attached hydrogen (secondary N) is 1. The predicted molar refractivity (Wildman–Crippen MR) is 104 cm³/mol. The lowest BCUT2D eigenvalue weighted by molar-refractivity contribution is -0.129. The number of nitrogens with zero attached hydrogens (tertiary/aromatic N) is 1. The van der Waals surface area contributed by atoms with Crippen LogP contribution in [0.25, 0.3) is 0 Å². The lowest BCUT2D eigenvalue weighted by Crippen LogP contribution is -2.33. The van der Waals surface area contributed by atoms with E-state index in [0.717, 1.165) is 17.7 Å². The maximum absolute atomic E-state index is 12.5. The number of carbonyl (C=O) groups excluding carboxylic acids is 2. The van der Waals surface area contributed by atoms with Crippen molar-refractivity contribution in [3.05, 3.63) is 65.2 Å². The molecular weight excluding hydrogens is 340 g/mol. The second-order valence-corrected chi connectivity index (χ2v) is 7.01. The minimum atomic E-state index is -0.287. The molecule has 5 nitrogen and oxygen atoms in total. The number of likely N-dealkylation sites (tertiary alicyclic amines) is 1. The monoisotopic (exact) mass is 366 g/mol. The first-order valence-electron chi connectivity index (χ1n) is 9.29. The Morgan fingerprint density at radius 3 is 2.67 bits per heavy atom. The van der Waals surface area contributed by atoms with Crippen molar-refractivity contribution in [2.75, 3.05) is 20.2 Å². The molecule has 1 atom stereocenters. The van der Waals surface area contributed by atoms with Crippen LogP contribution in [0.4, 0.5) is 0 Å². The molecule has 1 fully saturated rings. The maximum atomic E-state index is 12.5. The number of ether oxygens (including phenoxy) is 1. The van der Waals surface area contributed by atoms with E-state index in [1.54, 1.807) is 12.0 Å². The third kappa shape index (κ3) is 4.88. The first-order chi connectivity index (χ1) is 13.1. The molecule has 1 aliphatic rings. The summed E-state index contributed by atoms with van der Waals surface area (Å²) in [6, 6.07) is 15.9. The highest BCUT2D eigenvalue weighted by molar-refractivity contribution is 5.89. The van der Waals surface area contributed by atoms with Crippen LogP contribution in [0.3, 0.4) is 0 Å². The summed E-state index contributed by atoms with van der Waals surface area (Å²) in [7, 11) is 1.61. The molecule has 0 spiro atoms. The van der Waals surface area contributed by atoms with Crippen molar-refractivity contribution in [1.82, 2.24) is 10.2 Å². The third-order valence-corrected chi connectivity index (χ3v) is 5.02. The van der Waals surface area contributed by atoms with Gasteiger partial charge < -0.3 is 15.0 Å². The smallest absolute Gasteiger partial charge is 0.225 e. The Labute approximate surface area is 160 Å². The molecule has 0 bridgehead atoms. The van der Waals surface area contributed by atoms with Crippen LogP contribution in [-0.2, 0) is 22.6 Å². The van der Waals surface area contributed by atoms with Crippen molar-refractivity contribution >= 4 is 11.8 Å². The largest absolute Gasteiger partial charge is 0.496 e. The summed E-state index contributed by atoms with van der Waals surface area (Å²) in [5.41, 5.74) is 3.36. The molecular formula is C22H26N2O3. The molecule has 1 N–H and O–H groups in total. The highest BCUT2D eigenvalue weighted by atomic mass is 16.5. The lowest BCUT2D eigenvalue weighted by atomic mass is 10.1. The number of hydrogen-bond donors (Lipinski definition) is 1. The van der Waals surface area contributed by atoms with Gasteiger partial charge in [-0.2, -0.15) is 0 Å². The molecule has 142 valence electrons. The van der Waals surface area contributed by atoms with Gasteiger partial charge in [0, 0.05) is 31.6 Å². The van der Waals surface area contributed by atoms with E-state index in [0.29, 0.717) is 19.6 Å². The van der Waals surface area contributed by atoms with Crippen LogP contribution in [0, 0.1) is 12.8 Å². The first-order valence-corrected chi connectivity index (χ1v) is 9.29. The Morgan fingerprint density at radius 1 is 1.19 bits per heavy atom. The van der Waals surface area contributed by atoms with E-state index >= 15 is 0 Å². The number of aryl methyl sites for hydroxylation is 1. The van der Waals surface area contributed by atoms with Crippen molar-refractivity contribution in [2.45, 2.75) is 26.3 Å². The zero-order valence-electron chi connectivity index (χ0n) is 15.9. The van der Waals surface area contributed by atoms with Crippen LogP contribution in [-0.4, -0.2) is 36.9 Å². The number of rotatable bonds is 7. The summed E-state index contributed by atoms with van der Waals surface area (Å²) >= 11 is 0. The number of para-hydroxylation sites is 1. The predicted octanol–water partition coefficient (Wildman–Crippen LogP) is 2.71. The SMILES string of the molecule is COc1ccccc1CNC(=O)C1CC(=O)N(CCc2ccc(C)cc2)C1. The van der Waals surface area contributed by atoms with Crippen molar-refractivity contribution in [3.8, 4) is 5.75 Å². The number of hydrogen-bond acceptors (Lipinski definition) is 3. The van der Waals surface area contributed by atoms with E-state index in [1.165, 1.54) is 11.1 Å². The van der Waals surface area contributed by atoms with Gasteiger partial charge in [0.25, 0.3) is 0 Å². The van der Waals surface area contributed by atoms with Gasteiger partial charge in [0.1, 0.15) is 5.75 Å². The number of carbonyl (C=O) groups is 2. The molecule has 27 heavy (non-hydrogen) atoms. The highest BCUT2D eigenvalue weighted by Crippen LogP contribution is 2.20. The minimum absolute atomic E-state index is 0.0551. The van der Waals surface area contributed by atoms with Crippen LogP contribution in [0.1, 0.15) is 23.1 Å². The fourth-order valence-electron chi connectivity index (χ4n) is 3.36. The molecule has 0 saturated carbocycles. The van der Waals surface area contributed by atoms with Gasteiger partial charge >= 0.3 is 0 Å². The summed E-state index contributed by atoms with van der Waals surface area (Å²) in [5.74, 6) is 0.442. The van der Waals surface area contributed by atoms with Crippen LogP contribution < -0.4 is 10.1 Å². The van der Waals surface area contributed by atoms with E-state index < -0.39 is 0 Å².